The molecule has 0 fully saturated rings. The summed E-state index contributed by atoms with van der Waals surface area (Å²) in [6.45, 7) is 2.13. The zero-order valence-corrected chi connectivity index (χ0v) is 8.70. The first kappa shape index (κ1) is 6.26. The summed E-state index contributed by atoms with van der Waals surface area (Å²) in [5.74, 6) is 0. The van der Waals surface area contributed by atoms with Gasteiger partial charge in [-0.05, 0) is 0 Å². The van der Waals surface area contributed by atoms with E-state index in [1.54, 1.807) is 0 Å². The van der Waals surface area contributed by atoms with Gasteiger partial charge in [-0.2, -0.15) is 0 Å². The van der Waals surface area contributed by atoms with E-state index in [0.717, 1.165) is 0 Å². The molecule has 0 atom stereocenters. The van der Waals surface area contributed by atoms with Crippen molar-refractivity contribution in [3.8, 4) is 0 Å². The predicted octanol–water partition coefficient (Wildman–Crippen LogP) is 0.789. The van der Waals surface area contributed by atoms with Gasteiger partial charge in [-0.15, -0.1) is 0 Å². The molecule has 0 saturated carbocycles. The molecule has 0 aromatic heterocycles. The Hall–Kier alpha value is 0.142. The molecule has 0 aliphatic carbocycles. The average Bonchev–Trinajstić information content (AvgIpc) is 1.64. The summed E-state index contributed by atoms with van der Waals surface area (Å²) in [6, 6.07) is 8.63. The molecule has 1 aromatic rings. The van der Waals surface area contributed by atoms with Gasteiger partial charge < -0.3 is 0 Å². The van der Waals surface area contributed by atoms with E-state index in [1.165, 1.54) is 34.5 Å². The summed E-state index contributed by atoms with van der Waals surface area (Å²) in [6.07, 6.45) is 0. The molecule has 3 radical (unpaired) electrons. The van der Waals surface area contributed by atoms with Gasteiger partial charge in [-0.3, -0.25) is 0 Å². The van der Waals surface area contributed by atoms with E-state index >= 15 is 0 Å². The molecule has 0 aliphatic heterocycles. The van der Waals surface area contributed by atoms with Crippen molar-refractivity contribution >= 4 is 28.9 Å². The zero-order chi connectivity index (χ0) is 5.98. The number of rotatable bonds is 0. The minimum atomic E-state index is 1.17. The summed E-state index contributed by atoms with van der Waals surface area (Å²) in [4.78, 5) is 0. The number of aryl methyl sites for hydroxylation is 1. The van der Waals surface area contributed by atoms with E-state index in [0.29, 0.717) is 0 Å². The van der Waals surface area contributed by atoms with Crippen molar-refractivity contribution in [2.24, 2.45) is 0 Å². The van der Waals surface area contributed by atoms with E-state index in [4.69, 9.17) is 0 Å². The molecule has 0 nitrogen and oxygen atoms in total. The quantitative estimate of drug-likeness (QED) is 0.621. The summed E-state index contributed by atoms with van der Waals surface area (Å²) < 4.78 is 1.48. The first-order valence-corrected chi connectivity index (χ1v) is 4.52. The van der Waals surface area contributed by atoms with Gasteiger partial charge >= 0.3 is 65.6 Å². The molecule has 1 heteroatoms. The molecule has 1 aromatic carbocycles. The third kappa shape index (κ3) is 1.58. The Morgan fingerprint density at radius 3 is 2.50 bits per heavy atom. The van der Waals surface area contributed by atoms with E-state index in [-0.39, 0.29) is 0 Å². The number of hydrogen-bond donors (Lipinski definition) is 0. The van der Waals surface area contributed by atoms with Crippen LogP contribution in [0, 0.1) is 6.92 Å². The SMILES string of the molecule is Cc1ccc[c]([Pb])c1. The van der Waals surface area contributed by atoms with Crippen LogP contribution in [0.3, 0.4) is 0 Å². The van der Waals surface area contributed by atoms with Crippen LogP contribution >= 0.6 is 0 Å². The van der Waals surface area contributed by atoms with Crippen LogP contribution < -0.4 is 3.12 Å². The van der Waals surface area contributed by atoms with Crippen LogP contribution in [-0.2, 0) is 0 Å². The van der Waals surface area contributed by atoms with Gasteiger partial charge in [-0.25, -0.2) is 0 Å². The van der Waals surface area contributed by atoms with Gasteiger partial charge in [0.1, 0.15) is 0 Å². The van der Waals surface area contributed by atoms with Crippen molar-refractivity contribution in [2.75, 3.05) is 0 Å². The summed E-state index contributed by atoms with van der Waals surface area (Å²) >= 11 is 1.17. The molecule has 0 heterocycles. The normalized spacial score (nSPS) is 9.25. The third-order valence-corrected chi connectivity index (χ3v) is 2.23. The molecule has 0 bridgehead atoms. The Bertz CT molecular complexity index is 164. The van der Waals surface area contributed by atoms with Crippen LogP contribution in [0.5, 0.6) is 0 Å². The molecule has 0 saturated heterocycles. The van der Waals surface area contributed by atoms with Crippen molar-refractivity contribution in [2.45, 2.75) is 6.92 Å². The molecule has 0 spiro atoms. The van der Waals surface area contributed by atoms with Crippen LogP contribution in [-0.4, -0.2) is 25.8 Å². The fourth-order valence-corrected chi connectivity index (χ4v) is 1.90. The molecule has 8 heavy (non-hydrogen) atoms. The molecule has 0 amide bonds. The Labute approximate surface area is 65.6 Å². The average molecular weight is 298 g/mol. The van der Waals surface area contributed by atoms with Gasteiger partial charge in [0.05, 0.1) is 0 Å². The first-order valence-electron chi connectivity index (χ1n) is 2.57. The van der Waals surface area contributed by atoms with Crippen molar-refractivity contribution in [1.29, 1.82) is 0 Å². The van der Waals surface area contributed by atoms with Gasteiger partial charge in [0.25, 0.3) is 0 Å². The van der Waals surface area contributed by atoms with Crippen molar-refractivity contribution in [1.82, 2.24) is 0 Å². The Morgan fingerprint density at radius 1 is 1.38 bits per heavy atom. The van der Waals surface area contributed by atoms with E-state index in [1.807, 2.05) is 0 Å². The molecular weight excluding hydrogens is 291 g/mol. The van der Waals surface area contributed by atoms with E-state index < -0.39 is 0 Å². The van der Waals surface area contributed by atoms with Crippen LogP contribution in [0.4, 0.5) is 0 Å². The zero-order valence-electron chi connectivity index (χ0n) is 4.81. The number of hydrogen-bond acceptors (Lipinski definition) is 0. The molecule has 1 rings (SSSR count). The van der Waals surface area contributed by atoms with Gasteiger partial charge in [0, 0.05) is 0 Å². The van der Waals surface area contributed by atoms with E-state index in [9.17, 15) is 0 Å². The fraction of sp³-hybridized carbons (Fsp3) is 0.143. The second-order valence-electron chi connectivity index (χ2n) is 1.87. The van der Waals surface area contributed by atoms with Crippen molar-refractivity contribution in [3.63, 3.8) is 0 Å². The molecule has 0 unspecified atom stereocenters. The van der Waals surface area contributed by atoms with Crippen molar-refractivity contribution < 1.29 is 0 Å². The van der Waals surface area contributed by atoms with Crippen molar-refractivity contribution in [3.05, 3.63) is 29.8 Å². The second-order valence-corrected chi connectivity index (χ2v) is 4.11. The summed E-state index contributed by atoms with van der Waals surface area (Å²) in [5, 5.41) is 0. The Kier molecular flexibility index (Phi) is 2.05. The molecular formula is C7H7Pb. The van der Waals surface area contributed by atoms with Gasteiger partial charge in [0.2, 0.25) is 0 Å². The minimum absolute atomic E-state index is 1.17. The molecule has 0 N–H and O–H groups in total. The topological polar surface area (TPSA) is 0 Å². The van der Waals surface area contributed by atoms with Crippen LogP contribution in [0.25, 0.3) is 0 Å². The standard InChI is InChI=1S/C7H7.Pb/c1-7-5-3-2-4-6-7;/h2-3,5-6H,1H3;. The predicted molar refractivity (Wildman–Crippen MR) is 36.6 cm³/mol. The van der Waals surface area contributed by atoms with Crippen LogP contribution in [0.1, 0.15) is 5.56 Å². The Morgan fingerprint density at radius 2 is 2.12 bits per heavy atom. The van der Waals surface area contributed by atoms with E-state index in [2.05, 4.69) is 31.2 Å². The Balaban J connectivity index is 3.08. The first-order chi connectivity index (χ1) is 3.79. The molecule has 0 aliphatic rings. The van der Waals surface area contributed by atoms with Crippen LogP contribution in [0.2, 0.25) is 0 Å². The van der Waals surface area contributed by atoms with Gasteiger partial charge in [0.15, 0.2) is 0 Å². The monoisotopic (exact) mass is 299 g/mol. The fourth-order valence-electron chi connectivity index (χ4n) is 0.645. The van der Waals surface area contributed by atoms with Gasteiger partial charge in [-0.1, -0.05) is 0 Å². The maximum atomic E-state index is 2.23. The third-order valence-electron chi connectivity index (χ3n) is 1.02. The summed E-state index contributed by atoms with van der Waals surface area (Å²) in [5.41, 5.74) is 1.37. The van der Waals surface area contributed by atoms with Crippen LogP contribution in [0.15, 0.2) is 24.3 Å². The summed E-state index contributed by atoms with van der Waals surface area (Å²) in [7, 11) is 0. The maximum absolute atomic E-state index is 2.23. The second kappa shape index (κ2) is 2.62. The number of benzene rings is 1. The molecule has 39 valence electrons.